The standard InChI is InChI=1S/C15H20F3NO2/c1-10(9-15(16,17)18)19-11(2)12-4-5-13-14(8-12)21-7-3-6-20-13/h4-5,8,10-11,19H,3,6-7,9H2,1-2H3. The second-order valence-corrected chi connectivity index (χ2v) is 5.37. The van der Waals surface area contributed by atoms with Crippen molar-refractivity contribution in [2.45, 2.75) is 44.9 Å². The molecule has 0 spiro atoms. The molecule has 1 aromatic rings. The largest absolute Gasteiger partial charge is 0.490 e. The van der Waals surface area contributed by atoms with E-state index in [1.165, 1.54) is 6.92 Å². The smallest absolute Gasteiger partial charge is 0.390 e. The highest BCUT2D eigenvalue weighted by Gasteiger charge is 2.30. The second kappa shape index (κ2) is 6.56. The summed E-state index contributed by atoms with van der Waals surface area (Å²) in [4.78, 5) is 0. The monoisotopic (exact) mass is 303 g/mol. The predicted molar refractivity (Wildman–Crippen MR) is 73.7 cm³/mol. The van der Waals surface area contributed by atoms with E-state index in [0.717, 1.165) is 12.0 Å². The van der Waals surface area contributed by atoms with Gasteiger partial charge in [0.1, 0.15) is 0 Å². The van der Waals surface area contributed by atoms with Crippen LogP contribution in [-0.2, 0) is 0 Å². The molecule has 0 saturated carbocycles. The van der Waals surface area contributed by atoms with Gasteiger partial charge in [-0.05, 0) is 31.5 Å². The van der Waals surface area contributed by atoms with Crippen molar-refractivity contribution in [3.05, 3.63) is 23.8 Å². The molecule has 0 aromatic heterocycles. The summed E-state index contributed by atoms with van der Waals surface area (Å²) in [6.45, 7) is 4.57. The van der Waals surface area contributed by atoms with E-state index < -0.39 is 18.6 Å². The van der Waals surface area contributed by atoms with Crippen LogP contribution in [0.25, 0.3) is 0 Å². The van der Waals surface area contributed by atoms with E-state index in [2.05, 4.69) is 5.32 Å². The lowest BCUT2D eigenvalue weighted by Crippen LogP contribution is -2.33. The molecule has 3 nitrogen and oxygen atoms in total. The summed E-state index contributed by atoms with van der Waals surface area (Å²) in [5, 5.41) is 2.96. The minimum atomic E-state index is -4.16. The molecule has 0 aliphatic carbocycles. The topological polar surface area (TPSA) is 30.5 Å². The van der Waals surface area contributed by atoms with Crippen LogP contribution in [0.1, 0.15) is 38.3 Å². The van der Waals surface area contributed by atoms with Crippen LogP contribution in [0.15, 0.2) is 18.2 Å². The zero-order valence-corrected chi connectivity index (χ0v) is 12.2. The summed E-state index contributed by atoms with van der Waals surface area (Å²) in [5.74, 6) is 1.34. The summed E-state index contributed by atoms with van der Waals surface area (Å²) in [6, 6.07) is 4.66. The zero-order valence-electron chi connectivity index (χ0n) is 12.2. The van der Waals surface area contributed by atoms with E-state index in [-0.39, 0.29) is 6.04 Å². The molecular formula is C15H20F3NO2. The maximum atomic E-state index is 12.4. The molecular weight excluding hydrogens is 283 g/mol. The second-order valence-electron chi connectivity index (χ2n) is 5.37. The van der Waals surface area contributed by atoms with Crippen molar-refractivity contribution >= 4 is 0 Å². The van der Waals surface area contributed by atoms with E-state index in [1.54, 1.807) is 0 Å². The molecule has 2 unspecified atom stereocenters. The maximum Gasteiger partial charge on any atom is 0.390 e. The molecule has 0 saturated heterocycles. The molecule has 1 aliphatic rings. The molecule has 1 heterocycles. The molecule has 21 heavy (non-hydrogen) atoms. The van der Waals surface area contributed by atoms with Crippen LogP contribution in [0.3, 0.4) is 0 Å². The van der Waals surface area contributed by atoms with Gasteiger partial charge in [-0.3, -0.25) is 0 Å². The van der Waals surface area contributed by atoms with Crippen LogP contribution < -0.4 is 14.8 Å². The number of alkyl halides is 3. The number of ether oxygens (including phenoxy) is 2. The lowest BCUT2D eigenvalue weighted by molar-refractivity contribution is -0.139. The van der Waals surface area contributed by atoms with Gasteiger partial charge in [-0.15, -0.1) is 0 Å². The summed E-state index contributed by atoms with van der Waals surface area (Å²) >= 11 is 0. The van der Waals surface area contributed by atoms with Gasteiger partial charge in [0.25, 0.3) is 0 Å². The van der Waals surface area contributed by atoms with Crippen molar-refractivity contribution in [3.8, 4) is 11.5 Å². The minimum Gasteiger partial charge on any atom is -0.490 e. The highest BCUT2D eigenvalue weighted by Crippen LogP contribution is 2.32. The summed E-state index contributed by atoms with van der Waals surface area (Å²) in [7, 11) is 0. The van der Waals surface area contributed by atoms with Crippen LogP contribution >= 0.6 is 0 Å². The number of nitrogens with one attached hydrogen (secondary N) is 1. The van der Waals surface area contributed by atoms with Gasteiger partial charge in [0.15, 0.2) is 11.5 Å². The first kappa shape index (κ1) is 15.9. The van der Waals surface area contributed by atoms with E-state index in [0.29, 0.717) is 24.7 Å². The Morgan fingerprint density at radius 3 is 2.48 bits per heavy atom. The van der Waals surface area contributed by atoms with Gasteiger partial charge in [-0.25, -0.2) is 0 Å². The van der Waals surface area contributed by atoms with Gasteiger partial charge < -0.3 is 14.8 Å². The van der Waals surface area contributed by atoms with Crippen LogP contribution in [0, 0.1) is 0 Å². The molecule has 2 atom stereocenters. The number of rotatable bonds is 4. The fourth-order valence-corrected chi connectivity index (χ4v) is 2.38. The Kier molecular flexibility index (Phi) is 4.98. The van der Waals surface area contributed by atoms with E-state index in [9.17, 15) is 13.2 Å². The Morgan fingerprint density at radius 2 is 1.81 bits per heavy atom. The SMILES string of the molecule is CC(CC(F)(F)F)NC(C)c1ccc2c(c1)OCCCO2. The van der Waals surface area contributed by atoms with Crippen molar-refractivity contribution in [3.63, 3.8) is 0 Å². The van der Waals surface area contributed by atoms with Crippen molar-refractivity contribution < 1.29 is 22.6 Å². The Bertz CT molecular complexity index is 476. The van der Waals surface area contributed by atoms with Crippen LogP contribution in [0.5, 0.6) is 11.5 Å². The van der Waals surface area contributed by atoms with E-state index in [1.807, 2.05) is 25.1 Å². The van der Waals surface area contributed by atoms with Gasteiger partial charge in [-0.2, -0.15) is 13.2 Å². The fraction of sp³-hybridized carbons (Fsp3) is 0.600. The Hall–Kier alpha value is -1.43. The predicted octanol–water partition coefficient (Wildman–Crippen LogP) is 3.84. The normalized spacial score (nSPS) is 18.0. The summed E-state index contributed by atoms with van der Waals surface area (Å²) < 4.78 is 48.2. The summed E-state index contributed by atoms with van der Waals surface area (Å²) in [6.07, 6.45) is -4.18. The average molecular weight is 303 g/mol. The van der Waals surface area contributed by atoms with E-state index >= 15 is 0 Å². The Labute approximate surface area is 122 Å². The van der Waals surface area contributed by atoms with Gasteiger partial charge >= 0.3 is 6.18 Å². The first-order valence-electron chi connectivity index (χ1n) is 7.07. The first-order chi connectivity index (χ1) is 9.85. The number of fused-ring (bicyclic) bond motifs is 1. The number of halogens is 3. The summed E-state index contributed by atoms with van der Waals surface area (Å²) in [5.41, 5.74) is 0.883. The third-order valence-corrected chi connectivity index (χ3v) is 3.34. The van der Waals surface area contributed by atoms with Gasteiger partial charge in [-0.1, -0.05) is 6.07 Å². The third kappa shape index (κ3) is 4.81. The maximum absolute atomic E-state index is 12.4. The van der Waals surface area contributed by atoms with Gasteiger partial charge in [0.05, 0.1) is 19.6 Å². The van der Waals surface area contributed by atoms with Crippen LogP contribution in [0.4, 0.5) is 13.2 Å². The number of hydrogen-bond acceptors (Lipinski definition) is 3. The van der Waals surface area contributed by atoms with Crippen molar-refractivity contribution in [1.29, 1.82) is 0 Å². The van der Waals surface area contributed by atoms with Crippen molar-refractivity contribution in [2.24, 2.45) is 0 Å². The first-order valence-corrected chi connectivity index (χ1v) is 7.07. The van der Waals surface area contributed by atoms with Crippen molar-refractivity contribution in [2.75, 3.05) is 13.2 Å². The molecule has 0 amide bonds. The third-order valence-electron chi connectivity index (χ3n) is 3.34. The minimum absolute atomic E-state index is 0.195. The van der Waals surface area contributed by atoms with Crippen LogP contribution in [0.2, 0.25) is 0 Å². The lowest BCUT2D eigenvalue weighted by Gasteiger charge is -2.22. The lowest BCUT2D eigenvalue weighted by atomic mass is 10.1. The molecule has 118 valence electrons. The van der Waals surface area contributed by atoms with E-state index in [4.69, 9.17) is 9.47 Å². The zero-order chi connectivity index (χ0) is 15.5. The Balaban J connectivity index is 2.02. The highest BCUT2D eigenvalue weighted by atomic mass is 19.4. The van der Waals surface area contributed by atoms with Crippen molar-refractivity contribution in [1.82, 2.24) is 5.32 Å². The molecule has 1 aliphatic heterocycles. The molecule has 6 heteroatoms. The molecule has 1 aromatic carbocycles. The molecule has 2 rings (SSSR count). The quantitative estimate of drug-likeness (QED) is 0.916. The molecule has 0 bridgehead atoms. The van der Waals surface area contributed by atoms with Gasteiger partial charge in [0, 0.05) is 18.5 Å². The molecule has 1 N–H and O–H groups in total. The van der Waals surface area contributed by atoms with Gasteiger partial charge in [0.2, 0.25) is 0 Å². The average Bonchev–Trinajstić information content (AvgIpc) is 2.60. The highest BCUT2D eigenvalue weighted by molar-refractivity contribution is 5.44. The molecule has 0 radical (unpaired) electrons. The number of benzene rings is 1. The van der Waals surface area contributed by atoms with Crippen LogP contribution in [-0.4, -0.2) is 25.4 Å². The Morgan fingerprint density at radius 1 is 1.14 bits per heavy atom. The number of hydrogen-bond donors (Lipinski definition) is 1. The molecule has 0 fully saturated rings. The fourth-order valence-electron chi connectivity index (χ4n) is 2.38.